The van der Waals surface area contributed by atoms with Gasteiger partial charge in [-0.05, 0) is 0 Å². The molecule has 11 heteroatoms. The first-order valence-electron chi connectivity index (χ1n) is 7.07. The maximum atomic E-state index is 9.85. The minimum atomic E-state index is -1.83. The Hall–Kier alpha value is -0.440. The Morgan fingerprint density at radius 1 is 0.609 bits per heavy atom. The topological polar surface area (TPSA) is 201 Å². The van der Waals surface area contributed by atoms with Gasteiger partial charge in [-0.15, -0.1) is 0 Å². The van der Waals surface area contributed by atoms with E-state index in [-0.39, 0.29) is 0 Å². The van der Waals surface area contributed by atoms with Gasteiger partial charge in [0, 0.05) is 0 Å². The summed E-state index contributed by atoms with van der Waals surface area (Å²) in [6, 6.07) is 0. The first-order chi connectivity index (χ1) is 10.7. The van der Waals surface area contributed by atoms with Crippen LogP contribution in [0.1, 0.15) is 0 Å². The average molecular weight is 342 g/mol. The lowest BCUT2D eigenvalue weighted by molar-refractivity contribution is -0.339. The fraction of sp³-hybridized carbons (Fsp3) is 1.00. The highest BCUT2D eigenvalue weighted by molar-refractivity contribution is 5.00. The van der Waals surface area contributed by atoms with E-state index in [0.29, 0.717) is 0 Å². The summed E-state index contributed by atoms with van der Waals surface area (Å²) >= 11 is 0. The van der Waals surface area contributed by atoms with E-state index in [0.717, 1.165) is 0 Å². The fourth-order valence-corrected chi connectivity index (χ4v) is 2.69. The Bertz CT molecular complexity index is 377. The van der Waals surface area contributed by atoms with Crippen molar-refractivity contribution in [2.24, 2.45) is 0 Å². The van der Waals surface area contributed by atoms with Gasteiger partial charge in [0.15, 0.2) is 6.29 Å². The minimum Gasteiger partial charge on any atom is -0.394 e. The van der Waals surface area contributed by atoms with Crippen LogP contribution in [-0.4, -0.2) is 120 Å². The van der Waals surface area contributed by atoms with Crippen molar-refractivity contribution in [2.45, 2.75) is 67.3 Å². The molecule has 11 atom stereocenters. The summed E-state index contributed by atoms with van der Waals surface area (Å²) in [7, 11) is 0. The fourth-order valence-electron chi connectivity index (χ4n) is 2.69. The largest absolute Gasteiger partial charge is 0.394 e. The second kappa shape index (κ2) is 7.21. The van der Waals surface area contributed by atoms with Crippen molar-refractivity contribution in [2.75, 3.05) is 6.61 Å². The van der Waals surface area contributed by atoms with Crippen LogP contribution >= 0.6 is 0 Å². The lowest BCUT2D eigenvalue weighted by atomic mass is 9.84. The van der Waals surface area contributed by atoms with Crippen molar-refractivity contribution in [3.8, 4) is 0 Å². The molecule has 2 aliphatic rings. The SMILES string of the molecule is OC[C@H]1O[C@H](OC2[C@@H](O)[C@H](O)C(O)[C@H](O)[C@H]2O)[C@H](O)[C@@H](O)[C@H]1O. The van der Waals surface area contributed by atoms with Crippen molar-refractivity contribution in [1.82, 2.24) is 0 Å². The van der Waals surface area contributed by atoms with Crippen LogP contribution in [0.2, 0.25) is 0 Å². The summed E-state index contributed by atoms with van der Waals surface area (Å²) in [5.41, 5.74) is 0. The van der Waals surface area contributed by atoms with Crippen LogP contribution in [0, 0.1) is 0 Å². The average Bonchev–Trinajstić information content (AvgIpc) is 2.54. The monoisotopic (exact) mass is 342 g/mol. The molecular formula is C12H22O11. The lowest BCUT2D eigenvalue weighted by Gasteiger charge is -2.45. The van der Waals surface area contributed by atoms with E-state index in [1.54, 1.807) is 0 Å². The molecule has 1 aliphatic heterocycles. The highest BCUT2D eigenvalue weighted by Gasteiger charge is 2.52. The summed E-state index contributed by atoms with van der Waals surface area (Å²) in [6.07, 6.45) is -18.9. The van der Waals surface area contributed by atoms with Gasteiger partial charge >= 0.3 is 0 Å². The van der Waals surface area contributed by atoms with E-state index in [4.69, 9.17) is 14.6 Å². The molecule has 0 aromatic heterocycles. The van der Waals surface area contributed by atoms with E-state index >= 15 is 0 Å². The summed E-state index contributed by atoms with van der Waals surface area (Å²) in [5.74, 6) is 0. The Labute approximate surface area is 130 Å². The Kier molecular flexibility index (Phi) is 5.92. The van der Waals surface area contributed by atoms with Gasteiger partial charge in [-0.1, -0.05) is 0 Å². The van der Waals surface area contributed by atoms with Crippen molar-refractivity contribution in [3.05, 3.63) is 0 Å². The van der Waals surface area contributed by atoms with Gasteiger partial charge in [-0.25, -0.2) is 0 Å². The minimum absolute atomic E-state index is 0.704. The van der Waals surface area contributed by atoms with Crippen molar-refractivity contribution < 1.29 is 55.4 Å². The highest BCUT2D eigenvalue weighted by atomic mass is 16.7. The predicted octanol–water partition coefficient (Wildman–Crippen LogP) is -6.01. The molecule has 23 heavy (non-hydrogen) atoms. The molecule has 1 saturated carbocycles. The van der Waals surface area contributed by atoms with Crippen LogP contribution in [0.15, 0.2) is 0 Å². The normalized spacial score (nSPS) is 54.9. The van der Waals surface area contributed by atoms with Crippen molar-refractivity contribution in [3.63, 3.8) is 0 Å². The number of ether oxygens (including phenoxy) is 2. The van der Waals surface area contributed by atoms with Gasteiger partial charge in [-0.3, -0.25) is 0 Å². The standard InChI is InChI=1S/C12H22O11/c13-1-2-3(14)4(15)10(21)12(22-2)23-11-8(19)6(17)5(16)7(18)9(11)20/h2-21H,1H2/t2-,3+,4+,5?,6-,7+,8+,9-,10-,11?,12-/m1/s1. The maximum Gasteiger partial charge on any atom is 0.187 e. The molecule has 11 nitrogen and oxygen atoms in total. The Morgan fingerprint density at radius 3 is 1.52 bits per heavy atom. The van der Waals surface area contributed by atoms with Crippen LogP contribution in [-0.2, 0) is 9.47 Å². The van der Waals surface area contributed by atoms with E-state index in [2.05, 4.69) is 0 Å². The van der Waals surface area contributed by atoms with E-state index < -0.39 is 73.9 Å². The van der Waals surface area contributed by atoms with Gasteiger partial charge in [0.2, 0.25) is 0 Å². The molecule has 2 unspecified atom stereocenters. The molecule has 0 bridgehead atoms. The smallest absolute Gasteiger partial charge is 0.187 e. The number of rotatable bonds is 3. The van der Waals surface area contributed by atoms with Gasteiger partial charge < -0.3 is 55.4 Å². The molecule has 2 rings (SSSR count). The van der Waals surface area contributed by atoms with Crippen LogP contribution in [0.25, 0.3) is 0 Å². The van der Waals surface area contributed by atoms with Crippen LogP contribution < -0.4 is 0 Å². The van der Waals surface area contributed by atoms with Crippen molar-refractivity contribution in [1.29, 1.82) is 0 Å². The number of aliphatic hydroxyl groups is 9. The number of hydrogen-bond acceptors (Lipinski definition) is 11. The third kappa shape index (κ3) is 3.36. The first-order valence-corrected chi connectivity index (χ1v) is 7.07. The van der Waals surface area contributed by atoms with E-state index in [1.807, 2.05) is 0 Å². The molecule has 1 aliphatic carbocycles. The third-order valence-electron chi connectivity index (χ3n) is 4.21. The molecule has 2 fully saturated rings. The molecular weight excluding hydrogens is 320 g/mol. The molecule has 0 aromatic carbocycles. The molecule has 136 valence electrons. The summed E-state index contributed by atoms with van der Waals surface area (Å²) in [4.78, 5) is 0. The zero-order chi connectivity index (χ0) is 17.5. The highest BCUT2D eigenvalue weighted by Crippen LogP contribution is 2.29. The zero-order valence-electron chi connectivity index (χ0n) is 11.9. The molecule has 1 heterocycles. The first kappa shape index (κ1) is 18.9. The molecule has 0 amide bonds. The molecule has 9 N–H and O–H groups in total. The summed E-state index contributed by atoms with van der Waals surface area (Å²) in [6.45, 7) is -0.704. The zero-order valence-corrected chi connectivity index (χ0v) is 11.9. The Balaban J connectivity index is 2.13. The predicted molar refractivity (Wildman–Crippen MR) is 68.7 cm³/mol. The third-order valence-corrected chi connectivity index (χ3v) is 4.21. The lowest BCUT2D eigenvalue weighted by Crippen LogP contribution is -2.67. The second-order valence-corrected chi connectivity index (χ2v) is 5.75. The summed E-state index contributed by atoms with van der Waals surface area (Å²) in [5, 5.41) is 86.6. The molecule has 0 radical (unpaired) electrons. The molecule has 0 spiro atoms. The van der Waals surface area contributed by atoms with Crippen molar-refractivity contribution >= 4 is 0 Å². The van der Waals surface area contributed by atoms with Crippen LogP contribution in [0.3, 0.4) is 0 Å². The second-order valence-electron chi connectivity index (χ2n) is 5.75. The van der Waals surface area contributed by atoms with Gasteiger partial charge in [0.25, 0.3) is 0 Å². The quantitative estimate of drug-likeness (QED) is 0.236. The summed E-state index contributed by atoms with van der Waals surface area (Å²) < 4.78 is 10.2. The van der Waals surface area contributed by atoms with E-state index in [9.17, 15) is 40.9 Å². The maximum absolute atomic E-state index is 9.85. The van der Waals surface area contributed by atoms with Crippen LogP contribution in [0.4, 0.5) is 0 Å². The van der Waals surface area contributed by atoms with Gasteiger partial charge in [0.1, 0.15) is 61.0 Å². The van der Waals surface area contributed by atoms with Crippen LogP contribution in [0.5, 0.6) is 0 Å². The van der Waals surface area contributed by atoms with Gasteiger partial charge in [0.05, 0.1) is 6.61 Å². The molecule has 1 saturated heterocycles. The Morgan fingerprint density at radius 2 is 1.04 bits per heavy atom. The van der Waals surface area contributed by atoms with Gasteiger partial charge in [-0.2, -0.15) is 0 Å². The number of hydrogen-bond donors (Lipinski definition) is 9. The molecule has 0 aromatic rings. The number of aliphatic hydroxyl groups excluding tert-OH is 9. The van der Waals surface area contributed by atoms with E-state index in [1.165, 1.54) is 0 Å².